The van der Waals surface area contributed by atoms with E-state index in [9.17, 15) is 24.2 Å². The van der Waals surface area contributed by atoms with Gasteiger partial charge in [-0.15, -0.1) is 0 Å². The third-order valence-electron chi connectivity index (χ3n) is 6.01. The van der Waals surface area contributed by atoms with Crippen molar-refractivity contribution < 1.29 is 47.8 Å². The standard InChI is InChI=1S/C32H55O10P/c1-3-5-7-9-11-12-13-14-15-16-18-20-22-24-32(36)42-30(28-41-43(37,38)40-26-29(34)25-33)27-39-31(35)23-21-19-17-10-8-6-4-2/h5,7,11-12,14-15,18,20,29-30,33-34H,3-4,6,8-10,13,16-17,19,21-28H2,1-2H3,(H,37,38)/b7-5-,12-11-,15-14-,20-18-. The predicted octanol–water partition coefficient (Wildman–Crippen LogP) is 6.65. The Labute approximate surface area is 258 Å². The topological polar surface area (TPSA) is 149 Å². The molecule has 0 aromatic heterocycles. The number of rotatable bonds is 28. The molecule has 3 unspecified atom stereocenters. The molecule has 43 heavy (non-hydrogen) atoms. The molecule has 248 valence electrons. The van der Waals surface area contributed by atoms with Gasteiger partial charge in [-0.3, -0.25) is 18.6 Å². The van der Waals surface area contributed by atoms with Crippen LogP contribution in [-0.2, 0) is 32.7 Å². The summed E-state index contributed by atoms with van der Waals surface area (Å²) in [4.78, 5) is 34.4. The molecule has 0 rings (SSSR count). The number of aliphatic hydroxyl groups excluding tert-OH is 2. The highest BCUT2D eigenvalue weighted by Crippen LogP contribution is 2.43. The molecular formula is C32H55O10P. The molecule has 0 spiro atoms. The van der Waals surface area contributed by atoms with Gasteiger partial charge >= 0.3 is 19.8 Å². The van der Waals surface area contributed by atoms with Crippen LogP contribution in [0.3, 0.4) is 0 Å². The first-order valence-corrected chi connectivity index (χ1v) is 17.1. The first-order chi connectivity index (χ1) is 20.7. The van der Waals surface area contributed by atoms with Crippen molar-refractivity contribution in [1.29, 1.82) is 0 Å². The molecule has 0 aliphatic heterocycles. The zero-order valence-electron chi connectivity index (χ0n) is 26.1. The van der Waals surface area contributed by atoms with Gasteiger partial charge in [0, 0.05) is 12.8 Å². The van der Waals surface area contributed by atoms with Crippen LogP contribution in [0.2, 0.25) is 0 Å². The number of hydrogen-bond acceptors (Lipinski definition) is 9. The van der Waals surface area contributed by atoms with Crippen LogP contribution in [-0.4, -0.2) is 65.7 Å². The molecule has 3 atom stereocenters. The molecule has 10 nitrogen and oxygen atoms in total. The Balaban J connectivity index is 4.61. The van der Waals surface area contributed by atoms with Gasteiger partial charge in [0.05, 0.1) is 19.8 Å². The Morgan fingerprint density at radius 3 is 1.88 bits per heavy atom. The molecule has 0 radical (unpaired) electrons. The summed E-state index contributed by atoms with van der Waals surface area (Å²) in [5, 5.41) is 18.1. The fraction of sp³-hybridized carbons (Fsp3) is 0.688. The molecular weight excluding hydrogens is 575 g/mol. The number of unbranched alkanes of at least 4 members (excludes halogenated alkanes) is 6. The van der Waals surface area contributed by atoms with Crippen LogP contribution < -0.4 is 0 Å². The van der Waals surface area contributed by atoms with E-state index in [1.54, 1.807) is 0 Å². The zero-order chi connectivity index (χ0) is 32.0. The minimum Gasteiger partial charge on any atom is -0.462 e. The van der Waals surface area contributed by atoms with Crippen LogP contribution in [0.5, 0.6) is 0 Å². The Kier molecular flexibility index (Phi) is 27.3. The van der Waals surface area contributed by atoms with Gasteiger partial charge in [0.15, 0.2) is 6.10 Å². The van der Waals surface area contributed by atoms with Crippen molar-refractivity contribution in [2.75, 3.05) is 26.4 Å². The monoisotopic (exact) mass is 630 g/mol. The fourth-order valence-electron chi connectivity index (χ4n) is 3.59. The van der Waals surface area contributed by atoms with E-state index >= 15 is 0 Å². The summed E-state index contributed by atoms with van der Waals surface area (Å²) in [5.74, 6) is -1.03. The van der Waals surface area contributed by atoms with Crippen LogP contribution in [0.4, 0.5) is 0 Å². The molecule has 0 saturated heterocycles. The van der Waals surface area contributed by atoms with E-state index < -0.39 is 51.8 Å². The maximum absolute atomic E-state index is 12.4. The molecule has 0 saturated carbocycles. The lowest BCUT2D eigenvalue weighted by Crippen LogP contribution is -2.29. The number of phosphoric acid groups is 1. The number of esters is 2. The van der Waals surface area contributed by atoms with Gasteiger partial charge in [0.25, 0.3) is 0 Å². The van der Waals surface area contributed by atoms with E-state index in [-0.39, 0.29) is 19.4 Å². The van der Waals surface area contributed by atoms with E-state index in [0.717, 1.165) is 44.9 Å². The van der Waals surface area contributed by atoms with Gasteiger partial charge in [0.1, 0.15) is 12.7 Å². The summed E-state index contributed by atoms with van der Waals surface area (Å²) >= 11 is 0. The summed E-state index contributed by atoms with van der Waals surface area (Å²) in [5.41, 5.74) is 0. The summed E-state index contributed by atoms with van der Waals surface area (Å²) in [6.07, 6.45) is 25.6. The van der Waals surface area contributed by atoms with Gasteiger partial charge in [0.2, 0.25) is 0 Å². The second kappa shape index (κ2) is 28.7. The maximum atomic E-state index is 12.4. The molecule has 0 aromatic carbocycles. The molecule has 11 heteroatoms. The highest BCUT2D eigenvalue weighted by Gasteiger charge is 2.27. The minimum absolute atomic E-state index is 0.0622. The predicted molar refractivity (Wildman–Crippen MR) is 168 cm³/mol. The first kappa shape index (κ1) is 40.9. The quantitative estimate of drug-likeness (QED) is 0.0371. The number of aliphatic hydroxyl groups is 2. The number of allylic oxidation sites excluding steroid dienone is 8. The minimum atomic E-state index is -4.62. The first-order valence-electron chi connectivity index (χ1n) is 15.6. The van der Waals surface area contributed by atoms with Gasteiger partial charge in [-0.1, -0.05) is 101 Å². The molecule has 0 aromatic rings. The van der Waals surface area contributed by atoms with Crippen molar-refractivity contribution >= 4 is 19.8 Å². The third kappa shape index (κ3) is 28.5. The molecule has 0 bridgehead atoms. The van der Waals surface area contributed by atoms with Crippen molar-refractivity contribution in [2.45, 2.75) is 116 Å². The average Bonchev–Trinajstić information content (AvgIpc) is 2.99. The van der Waals surface area contributed by atoms with Gasteiger partial charge in [-0.25, -0.2) is 4.57 Å². The normalized spacial score (nSPS) is 15.0. The lowest BCUT2D eigenvalue weighted by Gasteiger charge is -2.20. The van der Waals surface area contributed by atoms with Gasteiger partial charge in [-0.2, -0.15) is 0 Å². The Bertz CT molecular complexity index is 868. The second-order valence-corrected chi connectivity index (χ2v) is 11.6. The number of hydrogen-bond donors (Lipinski definition) is 3. The van der Waals surface area contributed by atoms with Crippen LogP contribution in [0.15, 0.2) is 48.6 Å². The summed E-state index contributed by atoms with van der Waals surface area (Å²) in [6.45, 7) is 2.07. The summed E-state index contributed by atoms with van der Waals surface area (Å²) in [7, 11) is -4.62. The average molecular weight is 631 g/mol. The Morgan fingerprint density at radius 1 is 0.721 bits per heavy atom. The van der Waals surface area contributed by atoms with Crippen LogP contribution >= 0.6 is 7.82 Å². The second-order valence-electron chi connectivity index (χ2n) is 10.1. The molecule has 0 heterocycles. The van der Waals surface area contributed by atoms with Crippen LogP contribution in [0.25, 0.3) is 0 Å². The van der Waals surface area contributed by atoms with Crippen molar-refractivity contribution in [3.05, 3.63) is 48.6 Å². The van der Waals surface area contributed by atoms with Gasteiger partial charge < -0.3 is 24.6 Å². The Hall–Kier alpha value is -2.07. The van der Waals surface area contributed by atoms with E-state index in [1.807, 2.05) is 18.2 Å². The van der Waals surface area contributed by atoms with E-state index in [0.29, 0.717) is 12.8 Å². The number of phosphoric ester groups is 1. The number of carbonyl (C=O) groups is 2. The smallest absolute Gasteiger partial charge is 0.462 e. The third-order valence-corrected chi connectivity index (χ3v) is 6.96. The number of carbonyl (C=O) groups excluding carboxylic acids is 2. The van der Waals surface area contributed by atoms with Crippen LogP contribution in [0, 0.1) is 0 Å². The lowest BCUT2D eigenvalue weighted by atomic mass is 10.1. The van der Waals surface area contributed by atoms with E-state index in [1.165, 1.54) is 19.3 Å². The maximum Gasteiger partial charge on any atom is 0.472 e. The highest BCUT2D eigenvalue weighted by molar-refractivity contribution is 7.47. The summed E-state index contributed by atoms with van der Waals surface area (Å²) in [6, 6.07) is 0. The molecule has 0 aliphatic rings. The molecule has 0 amide bonds. The van der Waals surface area contributed by atoms with E-state index in [2.05, 4.69) is 48.8 Å². The lowest BCUT2D eigenvalue weighted by molar-refractivity contribution is -0.161. The largest absolute Gasteiger partial charge is 0.472 e. The zero-order valence-corrected chi connectivity index (χ0v) is 27.0. The number of ether oxygens (including phenoxy) is 2. The van der Waals surface area contributed by atoms with E-state index in [4.69, 9.17) is 19.1 Å². The van der Waals surface area contributed by atoms with Crippen molar-refractivity contribution in [3.8, 4) is 0 Å². The molecule has 0 aliphatic carbocycles. The van der Waals surface area contributed by atoms with Gasteiger partial charge in [-0.05, 0) is 38.5 Å². The fourth-order valence-corrected chi connectivity index (χ4v) is 4.38. The van der Waals surface area contributed by atoms with Crippen molar-refractivity contribution in [1.82, 2.24) is 0 Å². The SMILES string of the molecule is CC/C=C\C/C=C\C/C=C\C/C=C\CCC(=O)OC(COC(=O)CCCCCCCCC)COP(=O)(O)OCC(O)CO. The Morgan fingerprint density at radius 2 is 1.28 bits per heavy atom. The van der Waals surface area contributed by atoms with Crippen molar-refractivity contribution in [3.63, 3.8) is 0 Å². The highest BCUT2D eigenvalue weighted by atomic mass is 31.2. The van der Waals surface area contributed by atoms with Crippen LogP contribution in [0.1, 0.15) is 104 Å². The molecule has 3 N–H and O–H groups in total. The molecule has 0 fully saturated rings. The van der Waals surface area contributed by atoms with Crippen molar-refractivity contribution in [2.24, 2.45) is 0 Å². The summed E-state index contributed by atoms with van der Waals surface area (Å²) < 4.78 is 32.2.